The van der Waals surface area contributed by atoms with Crippen LogP contribution in [0.4, 0.5) is 4.39 Å². The number of nitrogens with zero attached hydrogens (tertiary/aromatic N) is 3. The summed E-state index contributed by atoms with van der Waals surface area (Å²) in [6.45, 7) is 4.03. The number of ether oxygens (including phenoxy) is 1. The van der Waals surface area contributed by atoms with Gasteiger partial charge in [-0.15, -0.1) is 10.2 Å². The zero-order chi connectivity index (χ0) is 16.4. The Labute approximate surface area is 140 Å². The van der Waals surface area contributed by atoms with Gasteiger partial charge < -0.3 is 14.1 Å². The van der Waals surface area contributed by atoms with E-state index in [4.69, 9.17) is 9.15 Å². The molecule has 2 aliphatic rings. The van der Waals surface area contributed by atoms with Gasteiger partial charge >= 0.3 is 0 Å². The van der Waals surface area contributed by atoms with Gasteiger partial charge in [-0.25, -0.2) is 4.39 Å². The zero-order valence-electron chi connectivity index (χ0n) is 13.7. The Kier molecular flexibility index (Phi) is 4.58. The number of halogens is 1. The van der Waals surface area contributed by atoms with Crippen LogP contribution in [0.1, 0.15) is 37.5 Å². The maximum atomic E-state index is 13.0. The lowest BCUT2D eigenvalue weighted by Gasteiger charge is -2.31. The lowest BCUT2D eigenvalue weighted by Crippen LogP contribution is -2.38. The highest BCUT2D eigenvalue weighted by Gasteiger charge is 2.27. The summed E-state index contributed by atoms with van der Waals surface area (Å²) in [6, 6.07) is 6.14. The summed E-state index contributed by atoms with van der Waals surface area (Å²) in [5.74, 6) is 1.21. The molecule has 5 nitrogen and oxygen atoms in total. The molecule has 0 N–H and O–H groups in total. The highest BCUT2D eigenvalue weighted by Crippen LogP contribution is 2.30. The van der Waals surface area contributed by atoms with E-state index in [0.29, 0.717) is 23.8 Å². The Morgan fingerprint density at radius 3 is 2.58 bits per heavy atom. The van der Waals surface area contributed by atoms with Gasteiger partial charge in [0, 0.05) is 24.6 Å². The summed E-state index contributed by atoms with van der Waals surface area (Å²) in [5.41, 5.74) is 0.756. The third-order valence-electron chi connectivity index (χ3n) is 4.95. The molecule has 0 bridgehead atoms. The van der Waals surface area contributed by atoms with Crippen molar-refractivity contribution in [1.29, 1.82) is 0 Å². The lowest BCUT2D eigenvalue weighted by molar-refractivity contribution is 0.0631. The molecule has 24 heavy (non-hydrogen) atoms. The van der Waals surface area contributed by atoms with Crippen LogP contribution in [0.5, 0.6) is 0 Å². The summed E-state index contributed by atoms with van der Waals surface area (Å²) in [5, 5.41) is 8.33. The van der Waals surface area contributed by atoms with Gasteiger partial charge in [-0.1, -0.05) is 0 Å². The standard InChI is InChI=1S/C18H22FN3O2/c19-15-5-3-13(4-6-15)17-20-21-18(24-17)14-7-9-22(10-8-14)12-16-2-1-11-23-16/h3-6,14,16H,1-2,7-12H2. The van der Waals surface area contributed by atoms with Crippen LogP contribution >= 0.6 is 0 Å². The van der Waals surface area contributed by atoms with E-state index in [9.17, 15) is 4.39 Å². The molecule has 0 aliphatic carbocycles. The Morgan fingerprint density at radius 2 is 1.88 bits per heavy atom. The average molecular weight is 331 g/mol. The first-order valence-electron chi connectivity index (χ1n) is 8.71. The highest BCUT2D eigenvalue weighted by molar-refractivity contribution is 5.52. The van der Waals surface area contributed by atoms with E-state index < -0.39 is 0 Å². The van der Waals surface area contributed by atoms with Crippen LogP contribution < -0.4 is 0 Å². The lowest BCUT2D eigenvalue weighted by atomic mass is 9.96. The van der Waals surface area contributed by atoms with Crippen molar-refractivity contribution in [3.8, 4) is 11.5 Å². The van der Waals surface area contributed by atoms with Gasteiger partial charge in [0.25, 0.3) is 0 Å². The molecule has 3 heterocycles. The summed E-state index contributed by atoms with van der Waals surface area (Å²) in [7, 11) is 0. The fourth-order valence-corrected chi connectivity index (χ4v) is 3.55. The van der Waals surface area contributed by atoms with E-state index in [2.05, 4.69) is 15.1 Å². The van der Waals surface area contributed by atoms with Crippen molar-refractivity contribution < 1.29 is 13.5 Å². The highest BCUT2D eigenvalue weighted by atomic mass is 19.1. The molecule has 1 aromatic heterocycles. The average Bonchev–Trinajstić information content (AvgIpc) is 3.28. The molecule has 0 radical (unpaired) electrons. The first-order chi connectivity index (χ1) is 11.8. The molecule has 4 rings (SSSR count). The van der Waals surface area contributed by atoms with E-state index in [1.54, 1.807) is 12.1 Å². The summed E-state index contributed by atoms with van der Waals surface area (Å²) >= 11 is 0. The molecule has 0 amide bonds. The van der Waals surface area contributed by atoms with Crippen LogP contribution in [0.2, 0.25) is 0 Å². The molecule has 0 spiro atoms. The van der Waals surface area contributed by atoms with Crippen molar-refractivity contribution in [2.75, 3.05) is 26.2 Å². The van der Waals surface area contributed by atoms with Crippen LogP contribution in [0.3, 0.4) is 0 Å². The Hall–Kier alpha value is -1.79. The van der Waals surface area contributed by atoms with E-state index in [0.717, 1.165) is 44.6 Å². The van der Waals surface area contributed by atoms with Crippen LogP contribution in [-0.4, -0.2) is 47.4 Å². The molecule has 6 heteroatoms. The smallest absolute Gasteiger partial charge is 0.247 e. The number of likely N-dealkylation sites (tertiary alicyclic amines) is 1. The Morgan fingerprint density at radius 1 is 1.08 bits per heavy atom. The predicted octanol–water partition coefficient (Wildman–Crippen LogP) is 3.23. The topological polar surface area (TPSA) is 51.4 Å². The Balaban J connectivity index is 1.35. The minimum atomic E-state index is -0.267. The molecule has 128 valence electrons. The minimum absolute atomic E-state index is 0.267. The van der Waals surface area contributed by atoms with Crippen molar-refractivity contribution in [3.63, 3.8) is 0 Å². The molecule has 2 aliphatic heterocycles. The van der Waals surface area contributed by atoms with Crippen LogP contribution in [-0.2, 0) is 4.74 Å². The van der Waals surface area contributed by atoms with Gasteiger partial charge in [0.1, 0.15) is 5.82 Å². The zero-order valence-corrected chi connectivity index (χ0v) is 13.7. The second kappa shape index (κ2) is 6.99. The maximum Gasteiger partial charge on any atom is 0.247 e. The number of piperidine rings is 1. The van der Waals surface area contributed by atoms with Gasteiger partial charge in [0.2, 0.25) is 11.8 Å². The number of aromatic nitrogens is 2. The second-order valence-electron chi connectivity index (χ2n) is 6.66. The van der Waals surface area contributed by atoms with E-state index >= 15 is 0 Å². The second-order valence-corrected chi connectivity index (χ2v) is 6.66. The predicted molar refractivity (Wildman–Crippen MR) is 87.1 cm³/mol. The van der Waals surface area contributed by atoms with Gasteiger partial charge in [0.15, 0.2) is 0 Å². The molecule has 1 aromatic carbocycles. The van der Waals surface area contributed by atoms with Crippen molar-refractivity contribution in [3.05, 3.63) is 36.0 Å². The molecule has 1 atom stereocenters. The first kappa shape index (κ1) is 15.7. The normalized spacial score (nSPS) is 23.0. The summed E-state index contributed by atoms with van der Waals surface area (Å²) in [6.07, 6.45) is 4.84. The van der Waals surface area contributed by atoms with Gasteiger partial charge in [-0.05, 0) is 63.0 Å². The fourth-order valence-electron chi connectivity index (χ4n) is 3.55. The van der Waals surface area contributed by atoms with Crippen molar-refractivity contribution in [2.24, 2.45) is 0 Å². The number of rotatable bonds is 4. The minimum Gasteiger partial charge on any atom is -0.420 e. The molecular formula is C18H22FN3O2. The van der Waals surface area contributed by atoms with Crippen LogP contribution in [0.15, 0.2) is 28.7 Å². The van der Waals surface area contributed by atoms with Crippen LogP contribution in [0, 0.1) is 5.82 Å². The van der Waals surface area contributed by atoms with Gasteiger partial charge in [-0.2, -0.15) is 0 Å². The van der Waals surface area contributed by atoms with E-state index in [1.165, 1.54) is 25.0 Å². The third-order valence-corrected chi connectivity index (χ3v) is 4.95. The summed E-state index contributed by atoms with van der Waals surface area (Å²) in [4.78, 5) is 2.48. The maximum absolute atomic E-state index is 13.0. The molecular weight excluding hydrogens is 309 g/mol. The molecule has 2 fully saturated rings. The van der Waals surface area contributed by atoms with E-state index in [-0.39, 0.29) is 5.82 Å². The largest absolute Gasteiger partial charge is 0.420 e. The van der Waals surface area contributed by atoms with Gasteiger partial charge in [0.05, 0.1) is 6.10 Å². The van der Waals surface area contributed by atoms with Gasteiger partial charge in [-0.3, -0.25) is 0 Å². The molecule has 0 saturated carbocycles. The summed E-state index contributed by atoms with van der Waals surface area (Å²) < 4.78 is 24.5. The van der Waals surface area contributed by atoms with Crippen LogP contribution in [0.25, 0.3) is 11.5 Å². The first-order valence-corrected chi connectivity index (χ1v) is 8.71. The molecule has 2 aromatic rings. The fraction of sp³-hybridized carbons (Fsp3) is 0.556. The SMILES string of the molecule is Fc1ccc(-c2nnc(C3CCN(CC4CCCO4)CC3)o2)cc1. The molecule has 1 unspecified atom stereocenters. The van der Waals surface area contributed by atoms with E-state index in [1.807, 2.05) is 0 Å². The molecule has 2 saturated heterocycles. The number of hydrogen-bond donors (Lipinski definition) is 0. The number of benzene rings is 1. The Bertz CT molecular complexity index is 659. The number of hydrogen-bond acceptors (Lipinski definition) is 5. The quantitative estimate of drug-likeness (QED) is 0.861. The third kappa shape index (κ3) is 3.49. The van der Waals surface area contributed by atoms with Crippen molar-refractivity contribution in [2.45, 2.75) is 37.7 Å². The monoisotopic (exact) mass is 331 g/mol. The van der Waals surface area contributed by atoms with Crippen molar-refractivity contribution >= 4 is 0 Å². The van der Waals surface area contributed by atoms with Crippen molar-refractivity contribution in [1.82, 2.24) is 15.1 Å².